The Kier molecular flexibility index (Phi) is 6.11. The summed E-state index contributed by atoms with van der Waals surface area (Å²) in [6.45, 7) is 2.34. The van der Waals surface area contributed by atoms with Crippen LogP contribution in [0.1, 0.15) is 52.4 Å². The van der Waals surface area contributed by atoms with Crippen molar-refractivity contribution in [2.45, 2.75) is 70.6 Å². The summed E-state index contributed by atoms with van der Waals surface area (Å²) in [5.41, 5.74) is 0. The van der Waals surface area contributed by atoms with Gasteiger partial charge in [-0.15, -0.1) is 0 Å². The maximum Gasteiger partial charge on any atom is 0.400 e. The fourth-order valence-corrected chi connectivity index (χ4v) is 3.35. The first-order valence-corrected chi connectivity index (χ1v) is 8.79. The average Bonchev–Trinajstić information content (AvgIpc) is 2.96. The molecule has 5 nitrogen and oxygen atoms in total. The molecule has 0 aromatic heterocycles. The smallest absolute Gasteiger partial charge is 0.345 e. The molecule has 0 aromatic rings. The van der Waals surface area contributed by atoms with Crippen LogP contribution in [-0.4, -0.2) is 47.3 Å². The van der Waals surface area contributed by atoms with Gasteiger partial charge in [0.25, 0.3) is 0 Å². The zero-order chi connectivity index (χ0) is 18.8. The van der Waals surface area contributed by atoms with Gasteiger partial charge >= 0.3 is 6.18 Å². The molecule has 2 amide bonds. The summed E-state index contributed by atoms with van der Waals surface area (Å²) in [6.07, 6.45) is -0.122. The highest BCUT2D eigenvalue weighted by atomic mass is 19.4. The molecular weight excluding hydrogens is 337 g/mol. The van der Waals surface area contributed by atoms with Crippen LogP contribution in [0.4, 0.5) is 13.2 Å². The van der Waals surface area contributed by atoms with Crippen LogP contribution in [0.5, 0.6) is 0 Å². The third-order valence-electron chi connectivity index (χ3n) is 5.30. The molecule has 0 bridgehead atoms. The predicted octanol–water partition coefficient (Wildman–Crippen LogP) is 2.44. The van der Waals surface area contributed by atoms with Crippen LogP contribution in [0.15, 0.2) is 0 Å². The number of halogens is 3. The number of carbonyl (C=O) groups is 3. The monoisotopic (exact) mass is 362 g/mol. The van der Waals surface area contributed by atoms with E-state index >= 15 is 0 Å². The van der Waals surface area contributed by atoms with Gasteiger partial charge in [-0.05, 0) is 39.0 Å². The van der Waals surface area contributed by atoms with E-state index in [0.717, 1.165) is 31.1 Å². The van der Waals surface area contributed by atoms with Crippen LogP contribution >= 0.6 is 0 Å². The standard InChI is InChI=1S/C17H25F3N2O3/c1-10(17(18,19)20)16(25)22-8-4-7-14(22)15(24)21-13(11(2)23)9-12-5-3-6-12/h10,12-14H,3-9H2,1-2H3,(H,21,24). The van der Waals surface area contributed by atoms with Crippen molar-refractivity contribution in [2.24, 2.45) is 11.8 Å². The van der Waals surface area contributed by atoms with Crippen LogP contribution in [0.3, 0.4) is 0 Å². The second-order valence-corrected chi connectivity index (χ2v) is 7.16. The number of likely N-dealkylation sites (tertiary alicyclic amines) is 1. The first-order chi connectivity index (χ1) is 11.6. The summed E-state index contributed by atoms with van der Waals surface area (Å²) >= 11 is 0. The van der Waals surface area contributed by atoms with E-state index in [9.17, 15) is 27.6 Å². The van der Waals surface area contributed by atoms with E-state index in [1.54, 1.807) is 0 Å². The molecule has 142 valence electrons. The molecule has 1 saturated carbocycles. The zero-order valence-electron chi connectivity index (χ0n) is 14.6. The predicted molar refractivity (Wildman–Crippen MR) is 84.5 cm³/mol. The highest BCUT2D eigenvalue weighted by molar-refractivity contribution is 5.92. The van der Waals surface area contributed by atoms with Crippen molar-refractivity contribution in [3.05, 3.63) is 0 Å². The Bertz CT molecular complexity index is 532. The molecule has 0 aromatic carbocycles. The van der Waals surface area contributed by atoms with Crippen LogP contribution in [0.2, 0.25) is 0 Å². The summed E-state index contributed by atoms with van der Waals surface area (Å²) < 4.78 is 38.4. The lowest BCUT2D eigenvalue weighted by molar-refractivity contribution is -0.186. The molecule has 3 unspecified atom stereocenters. The molecule has 1 aliphatic heterocycles. The summed E-state index contributed by atoms with van der Waals surface area (Å²) in [4.78, 5) is 37.4. The van der Waals surface area contributed by atoms with Crippen molar-refractivity contribution in [2.75, 3.05) is 6.54 Å². The van der Waals surface area contributed by atoms with Crippen molar-refractivity contribution in [3.63, 3.8) is 0 Å². The summed E-state index contributed by atoms with van der Waals surface area (Å²) in [7, 11) is 0. The average molecular weight is 362 g/mol. The minimum atomic E-state index is -4.63. The second-order valence-electron chi connectivity index (χ2n) is 7.16. The van der Waals surface area contributed by atoms with Gasteiger partial charge in [0.1, 0.15) is 12.0 Å². The number of nitrogens with one attached hydrogen (secondary N) is 1. The van der Waals surface area contributed by atoms with Crippen LogP contribution in [0, 0.1) is 11.8 Å². The van der Waals surface area contributed by atoms with E-state index in [1.165, 1.54) is 6.92 Å². The normalized spacial score (nSPS) is 23.7. The number of Topliss-reactive ketones (excluding diaryl/α,β-unsaturated/α-hetero) is 1. The van der Waals surface area contributed by atoms with Gasteiger partial charge in [0.05, 0.1) is 6.04 Å². The fourth-order valence-electron chi connectivity index (χ4n) is 3.35. The topological polar surface area (TPSA) is 66.5 Å². The number of nitrogens with zero attached hydrogens (tertiary/aromatic N) is 1. The molecular formula is C17H25F3N2O3. The van der Waals surface area contributed by atoms with Crippen molar-refractivity contribution in [1.82, 2.24) is 10.2 Å². The molecule has 2 fully saturated rings. The van der Waals surface area contributed by atoms with Gasteiger partial charge in [-0.2, -0.15) is 13.2 Å². The molecule has 0 radical (unpaired) electrons. The third-order valence-corrected chi connectivity index (χ3v) is 5.30. The highest BCUT2D eigenvalue weighted by Gasteiger charge is 2.46. The number of amides is 2. The van der Waals surface area contributed by atoms with E-state index in [4.69, 9.17) is 0 Å². The highest BCUT2D eigenvalue weighted by Crippen LogP contribution is 2.32. The maximum atomic E-state index is 12.8. The molecule has 2 rings (SSSR count). The summed E-state index contributed by atoms with van der Waals surface area (Å²) in [6, 6.07) is -1.56. The molecule has 3 atom stereocenters. The Morgan fingerprint density at radius 2 is 1.80 bits per heavy atom. The molecule has 8 heteroatoms. The summed E-state index contributed by atoms with van der Waals surface area (Å²) in [5.74, 6) is -3.51. The SMILES string of the molecule is CC(=O)C(CC1CCC1)NC(=O)C1CCCN1C(=O)C(C)C(F)(F)F. The molecule has 1 N–H and O–H groups in total. The molecule has 1 heterocycles. The number of rotatable bonds is 6. The van der Waals surface area contributed by atoms with Crippen LogP contribution in [0.25, 0.3) is 0 Å². The number of carbonyl (C=O) groups excluding carboxylic acids is 3. The first-order valence-electron chi connectivity index (χ1n) is 8.79. The van der Waals surface area contributed by atoms with Crippen molar-refractivity contribution in [1.29, 1.82) is 0 Å². The van der Waals surface area contributed by atoms with Gasteiger partial charge in [-0.1, -0.05) is 19.3 Å². The van der Waals surface area contributed by atoms with E-state index in [0.29, 0.717) is 25.2 Å². The number of alkyl halides is 3. The number of ketones is 1. The van der Waals surface area contributed by atoms with E-state index in [1.807, 2.05) is 0 Å². The number of hydrogen-bond acceptors (Lipinski definition) is 3. The Labute approximate surface area is 145 Å². The third kappa shape index (κ3) is 4.73. The van der Waals surface area contributed by atoms with E-state index in [-0.39, 0.29) is 12.3 Å². The van der Waals surface area contributed by atoms with Crippen molar-refractivity contribution in [3.8, 4) is 0 Å². The van der Waals surface area contributed by atoms with Gasteiger partial charge < -0.3 is 10.2 Å². The Morgan fingerprint density at radius 3 is 2.28 bits per heavy atom. The van der Waals surface area contributed by atoms with Gasteiger partial charge in [-0.3, -0.25) is 14.4 Å². The largest absolute Gasteiger partial charge is 0.400 e. The Hall–Kier alpha value is -1.60. The second kappa shape index (κ2) is 7.74. The maximum absolute atomic E-state index is 12.8. The molecule has 2 aliphatic rings. The van der Waals surface area contributed by atoms with E-state index < -0.39 is 36.0 Å². The van der Waals surface area contributed by atoms with Gasteiger partial charge in [0.2, 0.25) is 11.8 Å². The van der Waals surface area contributed by atoms with Crippen LogP contribution < -0.4 is 5.32 Å². The van der Waals surface area contributed by atoms with Gasteiger partial charge in [-0.25, -0.2) is 0 Å². The van der Waals surface area contributed by atoms with Crippen molar-refractivity contribution >= 4 is 17.6 Å². The Morgan fingerprint density at radius 1 is 1.16 bits per heavy atom. The molecule has 1 aliphatic carbocycles. The minimum Gasteiger partial charge on any atom is -0.345 e. The lowest BCUT2D eigenvalue weighted by atomic mass is 9.80. The Balaban J connectivity index is 2.01. The van der Waals surface area contributed by atoms with Crippen molar-refractivity contribution < 1.29 is 27.6 Å². The molecule has 0 spiro atoms. The minimum absolute atomic E-state index is 0.130. The summed E-state index contributed by atoms with van der Waals surface area (Å²) in [5, 5.41) is 2.66. The van der Waals surface area contributed by atoms with Gasteiger partial charge in [0.15, 0.2) is 5.78 Å². The van der Waals surface area contributed by atoms with Crippen LogP contribution in [-0.2, 0) is 14.4 Å². The lowest BCUT2D eigenvalue weighted by Crippen LogP contribution is -2.53. The zero-order valence-corrected chi connectivity index (χ0v) is 14.6. The first kappa shape index (κ1) is 19.7. The lowest BCUT2D eigenvalue weighted by Gasteiger charge is -2.31. The van der Waals surface area contributed by atoms with E-state index in [2.05, 4.69) is 5.32 Å². The molecule has 25 heavy (non-hydrogen) atoms. The molecule has 1 saturated heterocycles. The quantitative estimate of drug-likeness (QED) is 0.789. The van der Waals surface area contributed by atoms with Gasteiger partial charge in [0, 0.05) is 6.54 Å². The fraction of sp³-hybridized carbons (Fsp3) is 0.824. The number of hydrogen-bond donors (Lipinski definition) is 1.